The van der Waals surface area contributed by atoms with Crippen molar-refractivity contribution >= 4 is 11.6 Å². The van der Waals surface area contributed by atoms with Crippen LogP contribution in [0.15, 0.2) is 18.2 Å². The number of rotatable bonds is 3. The number of benzene rings is 1. The Kier molecular flexibility index (Phi) is 4.11. The van der Waals surface area contributed by atoms with Gasteiger partial charge in [0, 0.05) is 13.1 Å². The number of halogens is 1. The van der Waals surface area contributed by atoms with E-state index in [0.717, 1.165) is 25.9 Å². The highest BCUT2D eigenvalue weighted by Crippen LogP contribution is 2.18. The molecule has 1 fully saturated rings. The molecule has 98 valence electrons. The number of nitrogens with one attached hydrogen (secondary N) is 2. The van der Waals surface area contributed by atoms with E-state index in [0.29, 0.717) is 0 Å². The second kappa shape index (κ2) is 5.79. The molecular formula is C12H17FN4O. The highest BCUT2D eigenvalue weighted by molar-refractivity contribution is 5.99. The number of anilines is 1. The Morgan fingerprint density at radius 3 is 2.67 bits per heavy atom. The first-order chi connectivity index (χ1) is 8.72. The molecule has 1 amide bonds. The van der Waals surface area contributed by atoms with Gasteiger partial charge in [0.1, 0.15) is 5.82 Å². The number of hydrazine groups is 2. The molecule has 1 heterocycles. The number of hydrogen-bond acceptors (Lipinski definition) is 4. The number of nitrogen functional groups attached to an aromatic ring is 1. The summed E-state index contributed by atoms with van der Waals surface area (Å²) in [7, 11) is 0. The predicted octanol–water partition coefficient (Wildman–Crippen LogP) is 1.24. The van der Waals surface area contributed by atoms with Gasteiger partial charge in [-0.2, -0.15) is 0 Å². The highest BCUT2D eigenvalue weighted by Gasteiger charge is 2.18. The molecule has 1 aliphatic heterocycles. The molecule has 1 aliphatic rings. The van der Waals surface area contributed by atoms with Gasteiger partial charge in [-0.05, 0) is 25.0 Å². The second-order valence-electron chi connectivity index (χ2n) is 4.30. The fourth-order valence-corrected chi connectivity index (χ4v) is 2.07. The molecule has 1 aromatic carbocycles. The summed E-state index contributed by atoms with van der Waals surface area (Å²) in [6.45, 7) is 1.65. The normalized spacial score (nSPS) is 16.3. The summed E-state index contributed by atoms with van der Waals surface area (Å²) < 4.78 is 13.5. The fraction of sp³-hybridized carbons (Fsp3) is 0.417. The van der Waals surface area contributed by atoms with E-state index in [2.05, 4.69) is 10.9 Å². The maximum atomic E-state index is 13.5. The van der Waals surface area contributed by atoms with Crippen LogP contribution in [0.5, 0.6) is 0 Å². The van der Waals surface area contributed by atoms with Gasteiger partial charge in [0.25, 0.3) is 5.91 Å². The van der Waals surface area contributed by atoms with E-state index in [1.807, 2.05) is 5.01 Å². The van der Waals surface area contributed by atoms with Crippen LogP contribution in [-0.2, 0) is 0 Å². The van der Waals surface area contributed by atoms with Gasteiger partial charge in [-0.1, -0.05) is 12.5 Å². The van der Waals surface area contributed by atoms with Crippen LogP contribution in [0.25, 0.3) is 0 Å². The number of para-hydroxylation sites is 1. The van der Waals surface area contributed by atoms with Crippen molar-refractivity contribution in [2.24, 2.45) is 5.84 Å². The summed E-state index contributed by atoms with van der Waals surface area (Å²) in [5, 5.41) is 1.86. The molecular weight excluding hydrogens is 235 g/mol. The number of nitrogens with zero attached hydrogens (tertiary/aromatic N) is 1. The smallest absolute Gasteiger partial charge is 0.267 e. The Morgan fingerprint density at radius 2 is 2.00 bits per heavy atom. The lowest BCUT2D eigenvalue weighted by atomic mass is 10.1. The third kappa shape index (κ3) is 2.77. The predicted molar refractivity (Wildman–Crippen MR) is 67.1 cm³/mol. The molecule has 4 N–H and O–H groups in total. The number of hydrogen-bond donors (Lipinski definition) is 3. The van der Waals surface area contributed by atoms with Gasteiger partial charge in [0.2, 0.25) is 0 Å². The van der Waals surface area contributed by atoms with Crippen molar-refractivity contribution in [2.45, 2.75) is 19.3 Å². The zero-order chi connectivity index (χ0) is 13.0. The zero-order valence-electron chi connectivity index (χ0n) is 10.1. The lowest BCUT2D eigenvalue weighted by Gasteiger charge is -2.27. The molecule has 6 heteroatoms. The summed E-state index contributed by atoms with van der Waals surface area (Å²) in [5.74, 6) is 4.36. The Hall–Kier alpha value is -1.66. The van der Waals surface area contributed by atoms with Crippen LogP contribution < -0.4 is 16.7 Å². The lowest BCUT2D eigenvalue weighted by Crippen LogP contribution is -2.45. The standard InChI is InChI=1S/C12H17FN4O/c13-10-6-4-5-9(11(10)15-14)12(18)16-17-7-2-1-3-8-17/h4-6,15H,1-3,7-8,14H2,(H,16,18). The summed E-state index contributed by atoms with van der Waals surface area (Å²) in [6.07, 6.45) is 3.30. The fourth-order valence-electron chi connectivity index (χ4n) is 2.07. The number of nitrogens with two attached hydrogens (primary N) is 1. The van der Waals surface area contributed by atoms with E-state index in [1.165, 1.54) is 24.6 Å². The van der Waals surface area contributed by atoms with Gasteiger partial charge in [-0.3, -0.25) is 16.1 Å². The largest absolute Gasteiger partial charge is 0.321 e. The van der Waals surface area contributed by atoms with Crippen molar-refractivity contribution in [2.75, 3.05) is 18.5 Å². The van der Waals surface area contributed by atoms with Crippen molar-refractivity contribution in [3.8, 4) is 0 Å². The Balaban J connectivity index is 2.10. The summed E-state index contributed by atoms with van der Waals surface area (Å²) >= 11 is 0. The zero-order valence-corrected chi connectivity index (χ0v) is 10.1. The maximum absolute atomic E-state index is 13.5. The molecule has 0 atom stereocenters. The van der Waals surface area contributed by atoms with E-state index in [-0.39, 0.29) is 17.2 Å². The minimum Gasteiger partial charge on any atom is -0.321 e. The monoisotopic (exact) mass is 252 g/mol. The molecule has 0 aromatic heterocycles. The van der Waals surface area contributed by atoms with Crippen LogP contribution in [0.2, 0.25) is 0 Å². The van der Waals surface area contributed by atoms with Crippen molar-refractivity contribution in [1.29, 1.82) is 0 Å². The minimum absolute atomic E-state index is 0.0204. The molecule has 1 saturated heterocycles. The molecule has 0 radical (unpaired) electrons. The van der Waals surface area contributed by atoms with E-state index < -0.39 is 5.82 Å². The van der Waals surface area contributed by atoms with Gasteiger partial charge in [-0.15, -0.1) is 0 Å². The molecule has 0 saturated carbocycles. The molecule has 0 spiro atoms. The lowest BCUT2D eigenvalue weighted by molar-refractivity contribution is 0.0750. The second-order valence-corrected chi connectivity index (χ2v) is 4.30. The Bertz CT molecular complexity index is 432. The molecule has 18 heavy (non-hydrogen) atoms. The van der Waals surface area contributed by atoms with Crippen molar-refractivity contribution < 1.29 is 9.18 Å². The van der Waals surface area contributed by atoms with E-state index in [9.17, 15) is 9.18 Å². The van der Waals surface area contributed by atoms with Crippen molar-refractivity contribution in [3.05, 3.63) is 29.6 Å². The molecule has 0 aliphatic carbocycles. The third-order valence-corrected chi connectivity index (χ3v) is 3.02. The summed E-state index contributed by atoms with van der Waals surface area (Å²) in [5.41, 5.74) is 5.23. The summed E-state index contributed by atoms with van der Waals surface area (Å²) in [4.78, 5) is 12.0. The number of carbonyl (C=O) groups is 1. The first kappa shape index (κ1) is 12.8. The molecule has 2 rings (SSSR count). The Labute approximate surface area is 105 Å². The van der Waals surface area contributed by atoms with Crippen LogP contribution in [0.3, 0.4) is 0 Å². The van der Waals surface area contributed by atoms with Gasteiger partial charge < -0.3 is 5.43 Å². The van der Waals surface area contributed by atoms with Crippen molar-refractivity contribution in [1.82, 2.24) is 10.4 Å². The van der Waals surface area contributed by atoms with Gasteiger partial charge in [-0.25, -0.2) is 9.40 Å². The van der Waals surface area contributed by atoms with Gasteiger partial charge >= 0.3 is 0 Å². The molecule has 5 nitrogen and oxygen atoms in total. The van der Waals surface area contributed by atoms with Crippen LogP contribution >= 0.6 is 0 Å². The van der Waals surface area contributed by atoms with Crippen molar-refractivity contribution in [3.63, 3.8) is 0 Å². The molecule has 0 bridgehead atoms. The first-order valence-corrected chi connectivity index (χ1v) is 6.03. The van der Waals surface area contributed by atoms with Gasteiger partial charge in [0.15, 0.2) is 0 Å². The van der Waals surface area contributed by atoms with Crippen LogP contribution in [0.1, 0.15) is 29.6 Å². The van der Waals surface area contributed by atoms with Crippen LogP contribution in [0, 0.1) is 5.82 Å². The minimum atomic E-state index is -0.538. The average Bonchev–Trinajstić information content (AvgIpc) is 2.39. The van der Waals surface area contributed by atoms with E-state index in [4.69, 9.17) is 5.84 Å². The van der Waals surface area contributed by atoms with Gasteiger partial charge in [0.05, 0.1) is 11.3 Å². The average molecular weight is 252 g/mol. The van der Waals surface area contributed by atoms with Crippen LogP contribution in [-0.4, -0.2) is 24.0 Å². The molecule has 1 aromatic rings. The summed E-state index contributed by atoms with van der Waals surface area (Å²) in [6, 6.07) is 4.28. The number of piperidine rings is 1. The van der Waals surface area contributed by atoms with E-state index >= 15 is 0 Å². The number of amides is 1. The maximum Gasteiger partial charge on any atom is 0.267 e. The van der Waals surface area contributed by atoms with E-state index in [1.54, 1.807) is 0 Å². The topological polar surface area (TPSA) is 70.4 Å². The first-order valence-electron chi connectivity index (χ1n) is 6.03. The van der Waals surface area contributed by atoms with Crippen LogP contribution in [0.4, 0.5) is 10.1 Å². The quantitative estimate of drug-likeness (QED) is 0.559. The third-order valence-electron chi connectivity index (χ3n) is 3.02. The highest BCUT2D eigenvalue weighted by atomic mass is 19.1. The Morgan fingerprint density at radius 1 is 1.28 bits per heavy atom. The SMILES string of the molecule is NNc1c(F)cccc1C(=O)NN1CCCCC1. The number of carbonyl (C=O) groups excluding carboxylic acids is 1. The molecule has 0 unspecified atom stereocenters.